The Balaban J connectivity index is 1.14. The molecule has 0 unspecified atom stereocenters. The number of amides is 1. The first-order chi connectivity index (χ1) is 17.0. The number of H-pyrrole nitrogens is 1. The van der Waals surface area contributed by atoms with Gasteiger partial charge in [0.2, 0.25) is 5.95 Å². The van der Waals surface area contributed by atoms with Gasteiger partial charge in [-0.25, -0.2) is 19.9 Å². The molecule has 35 heavy (non-hydrogen) atoms. The molecule has 1 spiro atoms. The van der Waals surface area contributed by atoms with Crippen LogP contribution in [0, 0.1) is 19.3 Å². The van der Waals surface area contributed by atoms with Crippen molar-refractivity contribution >= 4 is 22.9 Å². The maximum absolute atomic E-state index is 13.3. The van der Waals surface area contributed by atoms with Crippen molar-refractivity contribution in [1.82, 2.24) is 40.0 Å². The topological polar surface area (TPSA) is 118 Å². The Morgan fingerprint density at radius 1 is 1.20 bits per heavy atom. The van der Waals surface area contributed by atoms with Crippen molar-refractivity contribution in [3.05, 3.63) is 58.7 Å². The molecule has 1 atom stereocenters. The molecule has 4 aromatic heterocycles. The summed E-state index contributed by atoms with van der Waals surface area (Å²) in [7, 11) is 0. The largest absolute Gasteiger partial charge is 0.344 e. The van der Waals surface area contributed by atoms with Crippen LogP contribution in [0.3, 0.4) is 0 Å². The number of carbonyl (C=O) groups is 1. The number of anilines is 1. The highest BCUT2D eigenvalue weighted by molar-refractivity contribution is 6.06. The monoisotopic (exact) mass is 469 g/mol. The lowest BCUT2D eigenvalue weighted by Gasteiger charge is -2.40. The molecule has 0 bridgehead atoms. The van der Waals surface area contributed by atoms with Crippen molar-refractivity contribution in [3.63, 3.8) is 0 Å². The number of aromatic nitrogens is 7. The number of aryl methyl sites for hydroxylation is 2. The third-order valence-corrected chi connectivity index (χ3v) is 7.93. The number of hydrogen-bond donors (Lipinski definition) is 2. The maximum Gasteiger partial charge on any atom is 0.254 e. The Kier molecular flexibility index (Phi) is 4.31. The number of hydrogen-bond acceptors (Lipinski definition) is 7. The number of nitrogens with zero attached hydrogens (tertiary/aromatic N) is 7. The van der Waals surface area contributed by atoms with Crippen molar-refractivity contribution in [1.29, 1.82) is 0 Å². The fourth-order valence-electron chi connectivity index (χ4n) is 5.59. The van der Waals surface area contributed by atoms with Crippen LogP contribution in [0.25, 0.3) is 11.0 Å². The predicted octanol–water partition coefficient (Wildman–Crippen LogP) is 2.63. The van der Waals surface area contributed by atoms with Crippen LogP contribution >= 0.6 is 0 Å². The molecule has 3 aliphatic rings. The number of carbonyl (C=O) groups excluding carboxylic acids is 1. The summed E-state index contributed by atoms with van der Waals surface area (Å²) in [4.78, 5) is 33.7. The van der Waals surface area contributed by atoms with Gasteiger partial charge in [0.1, 0.15) is 12.0 Å². The Bertz CT molecular complexity index is 1470. The SMILES string of the molecule is Cc1nc(N2CC3(CC3)C2)ncc1Cn1cc(C(=O)N[C@@H]2CCc3c(C)n[nH]c32)c2cncnc21. The summed E-state index contributed by atoms with van der Waals surface area (Å²) < 4.78 is 1.99. The molecular weight excluding hydrogens is 442 g/mol. The highest BCUT2D eigenvalue weighted by atomic mass is 16.1. The summed E-state index contributed by atoms with van der Waals surface area (Å²) in [6.45, 7) is 6.69. The average molecular weight is 470 g/mol. The van der Waals surface area contributed by atoms with E-state index >= 15 is 0 Å². The van der Waals surface area contributed by atoms with E-state index in [1.165, 1.54) is 24.7 Å². The zero-order valence-electron chi connectivity index (χ0n) is 19.9. The first-order valence-electron chi connectivity index (χ1n) is 12.2. The number of aromatic amines is 1. The second kappa shape index (κ2) is 7.34. The van der Waals surface area contributed by atoms with Crippen LogP contribution in [0.1, 0.15) is 63.9 Å². The minimum Gasteiger partial charge on any atom is -0.344 e. The standard InChI is InChI=1S/C25H27N9O/c1-14-16(7-27-24(29-14)34-11-25(12-34)5-6-25)9-33-10-19(18-8-26-13-28-22(18)33)23(35)30-20-4-3-17-15(2)31-32-21(17)20/h7-8,10,13,20H,3-6,9,11-12H2,1-2H3,(H,30,35)(H,31,32)/t20-/m1/s1. The average Bonchev–Trinajstić information content (AvgIpc) is 3.23. The molecule has 10 heteroatoms. The lowest BCUT2D eigenvalue weighted by Crippen LogP contribution is -2.49. The quantitative estimate of drug-likeness (QED) is 0.461. The molecule has 2 aliphatic carbocycles. The second-order valence-corrected chi connectivity index (χ2v) is 10.3. The lowest BCUT2D eigenvalue weighted by atomic mass is 9.98. The van der Waals surface area contributed by atoms with E-state index in [4.69, 9.17) is 4.98 Å². The summed E-state index contributed by atoms with van der Waals surface area (Å²) in [5.74, 6) is 0.678. The van der Waals surface area contributed by atoms with Gasteiger partial charge in [-0.15, -0.1) is 0 Å². The number of fused-ring (bicyclic) bond motifs is 2. The molecule has 4 aromatic rings. The molecule has 2 fully saturated rings. The Labute approximate surface area is 202 Å². The van der Waals surface area contributed by atoms with Gasteiger partial charge in [0.15, 0.2) is 0 Å². The van der Waals surface area contributed by atoms with Gasteiger partial charge in [-0.1, -0.05) is 0 Å². The summed E-state index contributed by atoms with van der Waals surface area (Å²) >= 11 is 0. The first-order valence-corrected chi connectivity index (χ1v) is 12.2. The van der Waals surface area contributed by atoms with Gasteiger partial charge in [0, 0.05) is 48.4 Å². The highest BCUT2D eigenvalue weighted by Gasteiger charge is 2.53. The van der Waals surface area contributed by atoms with Gasteiger partial charge in [-0.3, -0.25) is 9.89 Å². The molecule has 7 rings (SSSR count). The van der Waals surface area contributed by atoms with Crippen molar-refractivity contribution in [2.24, 2.45) is 5.41 Å². The summed E-state index contributed by atoms with van der Waals surface area (Å²) in [5.41, 5.74) is 7.03. The normalized spacial score (nSPS) is 19.7. The molecule has 1 saturated carbocycles. The molecule has 10 nitrogen and oxygen atoms in total. The molecule has 5 heterocycles. The summed E-state index contributed by atoms with van der Waals surface area (Å²) in [6.07, 6.45) is 11.4. The first kappa shape index (κ1) is 20.5. The van der Waals surface area contributed by atoms with Gasteiger partial charge in [-0.05, 0) is 45.1 Å². The molecule has 178 valence electrons. The summed E-state index contributed by atoms with van der Waals surface area (Å²) in [6, 6.07) is -0.0683. The highest BCUT2D eigenvalue weighted by Crippen LogP contribution is 2.53. The lowest BCUT2D eigenvalue weighted by molar-refractivity contribution is 0.0937. The smallest absolute Gasteiger partial charge is 0.254 e. The molecule has 0 radical (unpaired) electrons. The van der Waals surface area contributed by atoms with Crippen molar-refractivity contribution in [2.75, 3.05) is 18.0 Å². The molecule has 1 amide bonds. The second-order valence-electron chi connectivity index (χ2n) is 10.3. The maximum atomic E-state index is 13.3. The van der Waals surface area contributed by atoms with Crippen LogP contribution in [0.5, 0.6) is 0 Å². The molecule has 1 aliphatic heterocycles. The minimum absolute atomic E-state index is 0.0683. The zero-order chi connectivity index (χ0) is 23.7. The van der Waals surface area contributed by atoms with Crippen LogP contribution in [-0.2, 0) is 13.0 Å². The fraction of sp³-hybridized carbons (Fsp3) is 0.440. The van der Waals surface area contributed by atoms with Crippen LogP contribution in [0.15, 0.2) is 24.9 Å². The van der Waals surface area contributed by atoms with Crippen molar-refractivity contribution in [2.45, 2.75) is 52.1 Å². The van der Waals surface area contributed by atoms with E-state index < -0.39 is 0 Å². The number of rotatable bonds is 5. The van der Waals surface area contributed by atoms with Crippen LogP contribution in [0.2, 0.25) is 0 Å². The third-order valence-electron chi connectivity index (χ3n) is 7.93. The molecule has 0 aromatic carbocycles. The van der Waals surface area contributed by atoms with Crippen LogP contribution < -0.4 is 10.2 Å². The van der Waals surface area contributed by atoms with Crippen molar-refractivity contribution in [3.8, 4) is 0 Å². The van der Waals surface area contributed by atoms with Gasteiger partial charge < -0.3 is 14.8 Å². The Morgan fingerprint density at radius 3 is 2.86 bits per heavy atom. The molecule has 2 N–H and O–H groups in total. The Hall–Kier alpha value is -3.82. The van der Waals surface area contributed by atoms with E-state index in [0.717, 1.165) is 65.6 Å². The van der Waals surface area contributed by atoms with Gasteiger partial charge in [0.05, 0.1) is 34.9 Å². The molecular formula is C25H27N9O. The van der Waals surface area contributed by atoms with E-state index in [9.17, 15) is 4.79 Å². The van der Waals surface area contributed by atoms with Gasteiger partial charge in [0.25, 0.3) is 5.91 Å². The van der Waals surface area contributed by atoms with Crippen LogP contribution in [0.4, 0.5) is 5.95 Å². The molecule has 1 saturated heterocycles. The van der Waals surface area contributed by atoms with Crippen LogP contribution in [-0.4, -0.2) is 53.7 Å². The zero-order valence-corrected chi connectivity index (χ0v) is 19.9. The fourth-order valence-corrected chi connectivity index (χ4v) is 5.59. The van der Waals surface area contributed by atoms with E-state index in [1.807, 2.05) is 30.8 Å². The minimum atomic E-state index is -0.135. The third kappa shape index (κ3) is 3.30. The Morgan fingerprint density at radius 2 is 2.06 bits per heavy atom. The van der Waals surface area contributed by atoms with Gasteiger partial charge >= 0.3 is 0 Å². The van der Waals surface area contributed by atoms with E-state index in [0.29, 0.717) is 17.5 Å². The van der Waals surface area contributed by atoms with E-state index in [-0.39, 0.29) is 11.9 Å². The number of nitrogens with one attached hydrogen (secondary N) is 2. The predicted molar refractivity (Wildman–Crippen MR) is 129 cm³/mol. The van der Waals surface area contributed by atoms with Crippen molar-refractivity contribution < 1.29 is 4.79 Å². The van der Waals surface area contributed by atoms with E-state index in [2.05, 4.69) is 35.4 Å². The summed E-state index contributed by atoms with van der Waals surface area (Å²) in [5, 5.41) is 11.3. The van der Waals surface area contributed by atoms with Gasteiger partial charge in [-0.2, -0.15) is 5.10 Å². The van der Waals surface area contributed by atoms with E-state index in [1.54, 1.807) is 6.20 Å².